The average molecular weight is 219 g/mol. The van der Waals surface area contributed by atoms with Gasteiger partial charge in [-0.15, -0.1) is 0 Å². The predicted molar refractivity (Wildman–Crippen MR) is 63.3 cm³/mol. The number of rotatable bonds is 2. The second-order valence-corrected chi connectivity index (χ2v) is 4.50. The summed E-state index contributed by atoms with van der Waals surface area (Å²) in [6, 6.07) is 1.91. The summed E-state index contributed by atoms with van der Waals surface area (Å²) < 4.78 is 4.70. The average Bonchev–Trinajstić information content (AvgIpc) is 2.78. The molecule has 0 spiro atoms. The highest BCUT2D eigenvalue weighted by molar-refractivity contribution is 5.90. The summed E-state index contributed by atoms with van der Waals surface area (Å²) in [5, 5.41) is 0. The molecule has 0 amide bonds. The van der Waals surface area contributed by atoms with Gasteiger partial charge in [-0.1, -0.05) is 19.9 Å². The number of aromatic amines is 1. The van der Waals surface area contributed by atoms with Crippen molar-refractivity contribution in [3.05, 3.63) is 29.1 Å². The van der Waals surface area contributed by atoms with Gasteiger partial charge in [0.1, 0.15) is 5.69 Å². The molecular weight excluding hydrogens is 202 g/mol. The molecule has 1 aliphatic rings. The van der Waals surface area contributed by atoms with Crippen LogP contribution in [0.25, 0.3) is 5.57 Å². The molecule has 0 aliphatic heterocycles. The second-order valence-electron chi connectivity index (χ2n) is 4.50. The van der Waals surface area contributed by atoms with Crippen LogP contribution in [0.15, 0.2) is 12.1 Å². The van der Waals surface area contributed by atoms with Crippen LogP contribution in [-0.2, 0) is 11.2 Å². The van der Waals surface area contributed by atoms with Crippen LogP contribution in [0, 0.1) is 5.92 Å². The number of esters is 1. The number of nitrogens with one attached hydrogen (secondary N) is 1. The van der Waals surface area contributed by atoms with Crippen molar-refractivity contribution in [3.8, 4) is 0 Å². The molecule has 0 saturated carbocycles. The van der Waals surface area contributed by atoms with E-state index in [0.717, 1.165) is 18.5 Å². The Bertz CT molecular complexity index is 441. The van der Waals surface area contributed by atoms with Crippen molar-refractivity contribution in [1.29, 1.82) is 0 Å². The Hall–Kier alpha value is -1.51. The molecule has 3 nitrogen and oxygen atoms in total. The van der Waals surface area contributed by atoms with Crippen molar-refractivity contribution in [3.63, 3.8) is 0 Å². The van der Waals surface area contributed by atoms with Crippen LogP contribution in [0.5, 0.6) is 0 Å². The maximum Gasteiger partial charge on any atom is 0.354 e. The van der Waals surface area contributed by atoms with E-state index in [9.17, 15) is 4.79 Å². The van der Waals surface area contributed by atoms with E-state index in [1.165, 1.54) is 18.2 Å². The van der Waals surface area contributed by atoms with E-state index in [2.05, 4.69) is 24.9 Å². The Morgan fingerprint density at radius 3 is 2.88 bits per heavy atom. The fourth-order valence-electron chi connectivity index (χ4n) is 2.17. The lowest BCUT2D eigenvalue weighted by atomic mass is 10.1. The van der Waals surface area contributed by atoms with E-state index in [-0.39, 0.29) is 5.97 Å². The number of carbonyl (C=O) groups excluding carboxylic acids is 1. The van der Waals surface area contributed by atoms with Crippen LogP contribution in [-0.4, -0.2) is 18.1 Å². The third-order valence-corrected chi connectivity index (χ3v) is 2.83. The first-order chi connectivity index (χ1) is 7.61. The van der Waals surface area contributed by atoms with Crippen molar-refractivity contribution >= 4 is 11.5 Å². The van der Waals surface area contributed by atoms with Gasteiger partial charge in [0.15, 0.2) is 0 Å². The van der Waals surface area contributed by atoms with Gasteiger partial charge in [-0.2, -0.15) is 0 Å². The smallest absolute Gasteiger partial charge is 0.354 e. The lowest BCUT2D eigenvalue weighted by molar-refractivity contribution is 0.0594. The van der Waals surface area contributed by atoms with Crippen molar-refractivity contribution in [2.45, 2.75) is 26.7 Å². The molecule has 3 heteroatoms. The molecule has 2 rings (SSSR count). The molecule has 86 valence electrons. The Morgan fingerprint density at radius 2 is 2.25 bits per heavy atom. The van der Waals surface area contributed by atoms with Gasteiger partial charge < -0.3 is 9.72 Å². The van der Waals surface area contributed by atoms with E-state index in [1.807, 2.05) is 6.07 Å². The molecule has 0 atom stereocenters. The van der Waals surface area contributed by atoms with Gasteiger partial charge >= 0.3 is 5.97 Å². The number of H-pyrrole nitrogens is 1. The summed E-state index contributed by atoms with van der Waals surface area (Å²) in [6.07, 6.45) is 4.33. The molecule has 0 unspecified atom stereocenters. The van der Waals surface area contributed by atoms with Gasteiger partial charge in [0.2, 0.25) is 0 Å². The first-order valence-corrected chi connectivity index (χ1v) is 5.63. The number of hydrogen-bond donors (Lipinski definition) is 1. The fraction of sp³-hybridized carbons (Fsp3) is 0.462. The maximum absolute atomic E-state index is 11.4. The Labute approximate surface area is 95.5 Å². The molecule has 16 heavy (non-hydrogen) atoms. The van der Waals surface area contributed by atoms with E-state index in [4.69, 9.17) is 4.74 Å². The highest BCUT2D eigenvalue weighted by Crippen LogP contribution is 2.33. The molecule has 0 saturated heterocycles. The van der Waals surface area contributed by atoms with Crippen LogP contribution in [0.2, 0.25) is 0 Å². The van der Waals surface area contributed by atoms with Crippen molar-refractivity contribution in [2.75, 3.05) is 7.11 Å². The Morgan fingerprint density at radius 1 is 1.50 bits per heavy atom. The minimum atomic E-state index is -0.293. The summed E-state index contributed by atoms with van der Waals surface area (Å²) in [6.45, 7) is 4.33. The molecule has 1 N–H and O–H groups in total. The molecule has 1 aromatic heterocycles. The first-order valence-electron chi connectivity index (χ1n) is 5.63. The highest BCUT2D eigenvalue weighted by Gasteiger charge is 2.21. The van der Waals surface area contributed by atoms with E-state index in [0.29, 0.717) is 11.6 Å². The van der Waals surface area contributed by atoms with Crippen molar-refractivity contribution < 1.29 is 9.53 Å². The lowest BCUT2D eigenvalue weighted by Gasteiger charge is -2.00. The Balaban J connectivity index is 2.33. The zero-order valence-corrected chi connectivity index (χ0v) is 9.96. The van der Waals surface area contributed by atoms with Gasteiger partial charge in [0, 0.05) is 5.69 Å². The third kappa shape index (κ3) is 1.90. The van der Waals surface area contributed by atoms with Gasteiger partial charge in [-0.25, -0.2) is 4.79 Å². The normalized spacial score (nSPS) is 16.9. The largest absolute Gasteiger partial charge is 0.464 e. The lowest BCUT2D eigenvalue weighted by Crippen LogP contribution is -2.01. The first kappa shape index (κ1) is 11.0. The van der Waals surface area contributed by atoms with Crippen LogP contribution in [0.3, 0.4) is 0 Å². The molecule has 0 radical (unpaired) electrons. The zero-order chi connectivity index (χ0) is 11.7. The number of fused-ring (bicyclic) bond motifs is 1. The van der Waals surface area contributed by atoms with Crippen molar-refractivity contribution in [2.24, 2.45) is 5.92 Å². The molecule has 0 fully saturated rings. The molecule has 1 aromatic rings. The summed E-state index contributed by atoms with van der Waals surface area (Å²) in [4.78, 5) is 14.5. The number of methoxy groups -OCH3 is 1. The summed E-state index contributed by atoms with van der Waals surface area (Å²) in [5.41, 5.74) is 4.25. The third-order valence-electron chi connectivity index (χ3n) is 2.83. The van der Waals surface area contributed by atoms with E-state index < -0.39 is 0 Å². The predicted octanol–water partition coefficient (Wildman–Crippen LogP) is 2.79. The summed E-state index contributed by atoms with van der Waals surface area (Å²) in [5.74, 6) is 0.246. The molecular formula is C13H17NO2. The minimum absolute atomic E-state index is 0.293. The van der Waals surface area contributed by atoms with Crippen LogP contribution in [0.1, 0.15) is 42.0 Å². The quantitative estimate of drug-likeness (QED) is 0.777. The monoisotopic (exact) mass is 219 g/mol. The van der Waals surface area contributed by atoms with Gasteiger partial charge in [0.05, 0.1) is 7.11 Å². The topological polar surface area (TPSA) is 42.1 Å². The number of ether oxygens (including phenoxy) is 1. The van der Waals surface area contributed by atoms with E-state index >= 15 is 0 Å². The zero-order valence-electron chi connectivity index (χ0n) is 9.96. The standard InChI is InChI=1S/C13H17NO2/c1-8(2)6-9-4-5-11-10(9)7-12(14-11)13(15)16-3/h6-8,14H,4-5H2,1-3H3. The van der Waals surface area contributed by atoms with Gasteiger partial charge in [-0.3, -0.25) is 0 Å². The maximum atomic E-state index is 11.4. The van der Waals surface area contributed by atoms with E-state index in [1.54, 1.807) is 0 Å². The fourth-order valence-corrected chi connectivity index (χ4v) is 2.17. The molecule has 0 bridgehead atoms. The molecule has 1 aliphatic carbocycles. The number of carbonyl (C=O) groups is 1. The SMILES string of the molecule is COC(=O)c1cc2c([nH]1)CCC2=CC(C)C. The Kier molecular flexibility index (Phi) is 2.86. The van der Waals surface area contributed by atoms with Gasteiger partial charge in [0.25, 0.3) is 0 Å². The van der Waals surface area contributed by atoms with Gasteiger partial charge in [-0.05, 0) is 36.0 Å². The number of aryl methyl sites for hydroxylation is 1. The molecule has 1 heterocycles. The second kappa shape index (κ2) is 4.16. The number of aromatic nitrogens is 1. The highest BCUT2D eigenvalue weighted by atomic mass is 16.5. The summed E-state index contributed by atoms with van der Waals surface area (Å²) in [7, 11) is 1.40. The van der Waals surface area contributed by atoms with Crippen LogP contribution >= 0.6 is 0 Å². The number of allylic oxidation sites excluding steroid dienone is 2. The van der Waals surface area contributed by atoms with Crippen LogP contribution in [0.4, 0.5) is 0 Å². The molecule has 0 aromatic carbocycles. The number of hydrogen-bond acceptors (Lipinski definition) is 2. The van der Waals surface area contributed by atoms with Crippen molar-refractivity contribution in [1.82, 2.24) is 4.98 Å². The minimum Gasteiger partial charge on any atom is -0.464 e. The summed E-state index contributed by atoms with van der Waals surface area (Å²) >= 11 is 0. The van der Waals surface area contributed by atoms with Crippen LogP contribution < -0.4 is 0 Å².